The number of piperazine rings is 1. The van der Waals surface area contributed by atoms with Gasteiger partial charge in [-0.15, -0.1) is 0 Å². The Kier molecular flexibility index (Phi) is 7.26. The van der Waals surface area contributed by atoms with Gasteiger partial charge in [-0.3, -0.25) is 9.69 Å². The van der Waals surface area contributed by atoms with Gasteiger partial charge in [0.25, 0.3) is 0 Å². The van der Waals surface area contributed by atoms with Crippen LogP contribution in [0.2, 0.25) is 0 Å². The molecule has 1 N–H and O–H groups in total. The number of hydrogen-bond donors (Lipinski definition) is 1. The van der Waals surface area contributed by atoms with E-state index in [-0.39, 0.29) is 17.9 Å². The highest BCUT2D eigenvalue weighted by atomic mass is 16.5. The first-order valence-electron chi connectivity index (χ1n) is 10.3. The highest BCUT2D eigenvalue weighted by molar-refractivity contribution is 5.78. The minimum atomic E-state index is -0.0329. The molecule has 0 bridgehead atoms. The van der Waals surface area contributed by atoms with E-state index in [1.54, 1.807) is 19.4 Å². The van der Waals surface area contributed by atoms with Crippen molar-refractivity contribution in [2.75, 3.05) is 44.7 Å². The molecule has 1 atom stereocenters. The van der Waals surface area contributed by atoms with E-state index in [0.717, 1.165) is 43.2 Å². The number of rotatable bonds is 7. The Bertz CT molecular complexity index is 866. The maximum atomic E-state index is 12.7. The van der Waals surface area contributed by atoms with E-state index >= 15 is 0 Å². The van der Waals surface area contributed by atoms with Crippen LogP contribution in [0.3, 0.4) is 0 Å². The lowest BCUT2D eigenvalue weighted by Gasteiger charge is -2.36. The molecule has 7 nitrogen and oxygen atoms in total. The standard InChI is InChI=1S/C23H29N5O2/c1-17(2)23(18-4-8-21(30-3)9-5-18)26-22(29)16-27-10-12-28(13-11-27)20-7-6-19(14-24)25-15-20/h4-9,15,17,23H,10-13,16H2,1-3H3,(H,26,29)/t23-/m0/s1. The fourth-order valence-corrected chi connectivity index (χ4v) is 3.67. The minimum Gasteiger partial charge on any atom is -0.497 e. The van der Waals surface area contributed by atoms with Crippen molar-refractivity contribution in [3.8, 4) is 11.8 Å². The average Bonchev–Trinajstić information content (AvgIpc) is 2.78. The van der Waals surface area contributed by atoms with E-state index < -0.39 is 0 Å². The fourth-order valence-electron chi connectivity index (χ4n) is 3.67. The summed E-state index contributed by atoms with van der Waals surface area (Å²) in [7, 11) is 1.65. The summed E-state index contributed by atoms with van der Waals surface area (Å²) >= 11 is 0. The van der Waals surface area contributed by atoms with Crippen molar-refractivity contribution in [3.63, 3.8) is 0 Å². The average molecular weight is 408 g/mol. The van der Waals surface area contributed by atoms with Crippen LogP contribution in [0.15, 0.2) is 42.6 Å². The smallest absolute Gasteiger partial charge is 0.234 e. The molecule has 1 aromatic carbocycles. The summed E-state index contributed by atoms with van der Waals surface area (Å²) in [5.74, 6) is 1.13. The number of benzene rings is 1. The van der Waals surface area contributed by atoms with Crippen LogP contribution in [0, 0.1) is 17.2 Å². The van der Waals surface area contributed by atoms with Crippen molar-refractivity contribution in [1.82, 2.24) is 15.2 Å². The molecule has 158 valence electrons. The first-order valence-corrected chi connectivity index (χ1v) is 10.3. The molecular formula is C23H29N5O2. The van der Waals surface area contributed by atoms with Crippen LogP contribution in [0.5, 0.6) is 5.75 Å². The molecule has 2 aromatic rings. The Morgan fingerprint density at radius 3 is 2.40 bits per heavy atom. The molecule has 0 saturated carbocycles. The van der Waals surface area contributed by atoms with E-state index in [2.05, 4.69) is 33.9 Å². The first kappa shape index (κ1) is 21.6. The summed E-state index contributed by atoms with van der Waals surface area (Å²) in [6, 6.07) is 13.5. The zero-order valence-corrected chi connectivity index (χ0v) is 17.8. The Balaban J connectivity index is 1.52. The lowest BCUT2D eigenvalue weighted by atomic mass is 9.96. The molecule has 0 aliphatic carbocycles. The lowest BCUT2D eigenvalue weighted by Crippen LogP contribution is -2.50. The van der Waals surface area contributed by atoms with Crippen molar-refractivity contribution < 1.29 is 9.53 Å². The summed E-state index contributed by atoms with van der Waals surface area (Å²) in [6.45, 7) is 7.88. The second-order valence-corrected chi connectivity index (χ2v) is 7.84. The van der Waals surface area contributed by atoms with Crippen LogP contribution < -0.4 is 15.0 Å². The van der Waals surface area contributed by atoms with E-state index in [1.165, 1.54) is 0 Å². The molecule has 0 unspecified atom stereocenters. The highest BCUT2D eigenvalue weighted by Gasteiger charge is 2.22. The topological polar surface area (TPSA) is 81.5 Å². The monoisotopic (exact) mass is 407 g/mol. The summed E-state index contributed by atoms with van der Waals surface area (Å²) in [5.41, 5.74) is 2.51. The van der Waals surface area contributed by atoms with Crippen LogP contribution in [-0.2, 0) is 4.79 Å². The number of amides is 1. The number of carbonyl (C=O) groups excluding carboxylic acids is 1. The quantitative estimate of drug-likeness (QED) is 0.760. The SMILES string of the molecule is COc1ccc([C@@H](NC(=O)CN2CCN(c3ccc(C#N)nc3)CC2)C(C)C)cc1. The second-order valence-electron chi connectivity index (χ2n) is 7.84. The normalized spacial score (nSPS) is 15.5. The zero-order valence-electron chi connectivity index (χ0n) is 17.8. The highest BCUT2D eigenvalue weighted by Crippen LogP contribution is 2.24. The molecule has 1 aromatic heterocycles. The van der Waals surface area contributed by atoms with Gasteiger partial charge in [0.2, 0.25) is 5.91 Å². The molecule has 0 radical (unpaired) electrons. The van der Waals surface area contributed by atoms with Crippen LogP contribution in [0.1, 0.15) is 31.1 Å². The van der Waals surface area contributed by atoms with Gasteiger partial charge in [-0.05, 0) is 35.7 Å². The number of methoxy groups -OCH3 is 1. The molecule has 1 saturated heterocycles. The molecule has 7 heteroatoms. The zero-order chi connectivity index (χ0) is 21.5. The maximum absolute atomic E-state index is 12.7. The molecule has 3 rings (SSSR count). The van der Waals surface area contributed by atoms with Crippen molar-refractivity contribution >= 4 is 11.6 Å². The van der Waals surface area contributed by atoms with Crippen LogP contribution in [-0.4, -0.2) is 55.6 Å². The number of nitrogens with zero attached hydrogens (tertiary/aromatic N) is 4. The third-order valence-electron chi connectivity index (χ3n) is 5.43. The van der Waals surface area contributed by atoms with Crippen LogP contribution in [0.4, 0.5) is 5.69 Å². The number of ether oxygens (including phenoxy) is 1. The Morgan fingerprint density at radius 1 is 1.17 bits per heavy atom. The van der Waals surface area contributed by atoms with E-state index in [1.807, 2.05) is 36.4 Å². The number of carbonyl (C=O) groups is 1. The van der Waals surface area contributed by atoms with E-state index in [9.17, 15) is 4.79 Å². The van der Waals surface area contributed by atoms with Gasteiger partial charge in [0, 0.05) is 26.2 Å². The summed E-state index contributed by atoms with van der Waals surface area (Å²) in [6.07, 6.45) is 1.74. The van der Waals surface area contributed by atoms with Gasteiger partial charge in [-0.25, -0.2) is 4.98 Å². The number of hydrogen-bond acceptors (Lipinski definition) is 6. The number of pyridine rings is 1. The van der Waals surface area contributed by atoms with Crippen molar-refractivity contribution in [3.05, 3.63) is 53.9 Å². The van der Waals surface area contributed by atoms with Gasteiger partial charge in [-0.1, -0.05) is 26.0 Å². The van der Waals surface area contributed by atoms with Gasteiger partial charge in [0.05, 0.1) is 31.6 Å². The maximum Gasteiger partial charge on any atom is 0.234 e. The molecule has 2 heterocycles. The largest absolute Gasteiger partial charge is 0.497 e. The number of nitriles is 1. The van der Waals surface area contributed by atoms with Gasteiger partial charge in [-0.2, -0.15) is 5.26 Å². The fraction of sp³-hybridized carbons (Fsp3) is 0.435. The van der Waals surface area contributed by atoms with Crippen molar-refractivity contribution in [1.29, 1.82) is 5.26 Å². The number of aromatic nitrogens is 1. The molecule has 1 amide bonds. The number of nitrogens with one attached hydrogen (secondary N) is 1. The van der Waals surface area contributed by atoms with Gasteiger partial charge < -0.3 is 15.0 Å². The molecule has 1 fully saturated rings. The molecule has 1 aliphatic rings. The minimum absolute atomic E-state index is 0.0329. The number of anilines is 1. The van der Waals surface area contributed by atoms with Gasteiger partial charge in [0.15, 0.2) is 0 Å². The van der Waals surface area contributed by atoms with E-state index in [4.69, 9.17) is 10.00 Å². The predicted octanol–water partition coefficient (Wildman–Crippen LogP) is 2.60. The predicted molar refractivity (Wildman–Crippen MR) is 116 cm³/mol. The molecule has 0 spiro atoms. The molecule has 30 heavy (non-hydrogen) atoms. The molecule has 1 aliphatic heterocycles. The Hall–Kier alpha value is -3.11. The van der Waals surface area contributed by atoms with Gasteiger partial charge in [0.1, 0.15) is 17.5 Å². The summed E-state index contributed by atoms with van der Waals surface area (Å²) in [4.78, 5) is 21.3. The first-order chi connectivity index (χ1) is 14.5. The summed E-state index contributed by atoms with van der Waals surface area (Å²) < 4.78 is 5.23. The van der Waals surface area contributed by atoms with Crippen molar-refractivity contribution in [2.24, 2.45) is 5.92 Å². The Labute approximate surface area is 178 Å². The van der Waals surface area contributed by atoms with Crippen LogP contribution in [0.25, 0.3) is 0 Å². The third kappa shape index (κ3) is 5.49. The Morgan fingerprint density at radius 2 is 1.87 bits per heavy atom. The lowest BCUT2D eigenvalue weighted by molar-refractivity contribution is -0.123. The van der Waals surface area contributed by atoms with Crippen LogP contribution >= 0.6 is 0 Å². The third-order valence-corrected chi connectivity index (χ3v) is 5.43. The molecular weight excluding hydrogens is 378 g/mol. The van der Waals surface area contributed by atoms with Gasteiger partial charge >= 0.3 is 0 Å². The second kappa shape index (κ2) is 10.1. The summed E-state index contributed by atoms with van der Waals surface area (Å²) in [5, 5.41) is 12.1. The van der Waals surface area contributed by atoms with E-state index in [0.29, 0.717) is 12.2 Å². The van der Waals surface area contributed by atoms with Crippen molar-refractivity contribution in [2.45, 2.75) is 19.9 Å².